The Kier molecular flexibility index (Phi) is 10.3. The fourth-order valence-electron chi connectivity index (χ4n) is 4.82. The van der Waals surface area contributed by atoms with Gasteiger partial charge in [0.25, 0.3) is 0 Å². The number of halogens is 2. The second-order valence-corrected chi connectivity index (χ2v) is 9.79. The molecular formula is C28H36F2N6O3. The number of aliphatic carboxylic acids is 1. The van der Waals surface area contributed by atoms with Gasteiger partial charge < -0.3 is 25.4 Å². The summed E-state index contributed by atoms with van der Waals surface area (Å²) in [4.78, 5) is 27.0. The van der Waals surface area contributed by atoms with E-state index in [-0.39, 0.29) is 17.8 Å². The van der Waals surface area contributed by atoms with Crippen LogP contribution in [0.5, 0.6) is 0 Å². The van der Waals surface area contributed by atoms with Crippen LogP contribution < -0.4 is 10.6 Å². The Morgan fingerprint density at radius 3 is 2.90 bits per heavy atom. The molecule has 0 aliphatic carbocycles. The Hall–Kier alpha value is -3.44. The molecule has 1 aromatic carbocycles. The highest BCUT2D eigenvalue weighted by Gasteiger charge is 2.22. The predicted molar refractivity (Wildman–Crippen MR) is 146 cm³/mol. The number of methoxy groups -OCH3 is 1. The molecule has 0 radical (unpaired) electrons. The first-order valence-corrected chi connectivity index (χ1v) is 13.4. The topological polar surface area (TPSA) is 113 Å². The SMILES string of the molecule is COC(CF)CN(CCCCc1ccc2c(n1)NCCC2)CCC(Nc1ncnc2c(F)cccc12)C(=O)O. The number of ether oxygens (including phenoxy) is 1. The van der Waals surface area contributed by atoms with Gasteiger partial charge in [-0.15, -0.1) is 0 Å². The quantitative estimate of drug-likeness (QED) is 0.245. The highest BCUT2D eigenvalue weighted by molar-refractivity contribution is 5.91. The minimum atomic E-state index is -1.06. The van der Waals surface area contributed by atoms with Crippen LogP contribution in [0.4, 0.5) is 20.4 Å². The number of carbonyl (C=O) groups is 1. The molecule has 2 unspecified atom stereocenters. The number of carboxylic acids is 1. The number of aryl methyl sites for hydroxylation is 2. The van der Waals surface area contributed by atoms with E-state index in [1.54, 1.807) is 6.07 Å². The molecule has 2 atom stereocenters. The fraction of sp³-hybridized carbons (Fsp3) is 0.500. The number of para-hydroxylation sites is 1. The Labute approximate surface area is 227 Å². The van der Waals surface area contributed by atoms with Crippen molar-refractivity contribution >= 4 is 28.5 Å². The zero-order chi connectivity index (χ0) is 27.6. The van der Waals surface area contributed by atoms with E-state index in [1.807, 2.05) is 4.90 Å². The fourth-order valence-corrected chi connectivity index (χ4v) is 4.82. The van der Waals surface area contributed by atoms with Gasteiger partial charge in [-0.2, -0.15) is 0 Å². The molecule has 0 bridgehead atoms. The molecule has 0 saturated heterocycles. The molecule has 0 saturated carbocycles. The van der Waals surface area contributed by atoms with Gasteiger partial charge in [-0.05, 0) is 68.8 Å². The number of unbranched alkanes of at least 4 members (excludes halogenated alkanes) is 1. The molecule has 0 fully saturated rings. The molecule has 1 aliphatic rings. The summed E-state index contributed by atoms with van der Waals surface area (Å²) in [5.41, 5.74) is 2.42. The van der Waals surface area contributed by atoms with Crippen molar-refractivity contribution in [3.63, 3.8) is 0 Å². The number of pyridine rings is 1. The average molecular weight is 543 g/mol. The molecule has 9 nitrogen and oxygen atoms in total. The average Bonchev–Trinajstić information content (AvgIpc) is 2.95. The molecule has 11 heteroatoms. The van der Waals surface area contributed by atoms with Crippen molar-refractivity contribution in [3.8, 4) is 0 Å². The number of aromatic nitrogens is 3. The van der Waals surface area contributed by atoms with Gasteiger partial charge >= 0.3 is 5.97 Å². The number of anilines is 2. The molecule has 2 aromatic heterocycles. The third kappa shape index (κ3) is 7.79. The number of alkyl halides is 1. The van der Waals surface area contributed by atoms with Crippen LogP contribution in [0.2, 0.25) is 0 Å². The van der Waals surface area contributed by atoms with Crippen LogP contribution in [0, 0.1) is 5.82 Å². The standard InChI is InChI=1S/C28H36F2N6O3/c1-39-21(16-29)17-36(14-3-2-7-20-11-10-19-6-5-13-31-26(19)34-20)15-12-24(28(37)38)35-27-22-8-4-9-23(30)25(22)32-18-33-27/h4,8-11,18,21,24H,2-3,5-7,12-17H2,1H3,(H,31,34)(H,37,38)(H,32,33,35). The summed E-state index contributed by atoms with van der Waals surface area (Å²) in [7, 11) is 1.47. The van der Waals surface area contributed by atoms with Gasteiger partial charge in [0, 0.05) is 37.8 Å². The van der Waals surface area contributed by atoms with Crippen molar-refractivity contribution in [3.05, 3.63) is 53.7 Å². The lowest BCUT2D eigenvalue weighted by molar-refractivity contribution is -0.138. The van der Waals surface area contributed by atoms with Gasteiger partial charge in [0.15, 0.2) is 0 Å². The van der Waals surface area contributed by atoms with Crippen molar-refractivity contribution in [1.29, 1.82) is 0 Å². The smallest absolute Gasteiger partial charge is 0.326 e. The van der Waals surface area contributed by atoms with E-state index in [0.29, 0.717) is 25.0 Å². The molecule has 1 aliphatic heterocycles. The summed E-state index contributed by atoms with van der Waals surface area (Å²) in [6.45, 7) is 1.74. The molecule has 210 valence electrons. The highest BCUT2D eigenvalue weighted by atomic mass is 19.1. The Morgan fingerprint density at radius 2 is 2.10 bits per heavy atom. The number of nitrogens with one attached hydrogen (secondary N) is 2. The molecule has 4 rings (SSSR count). The molecule has 0 spiro atoms. The van der Waals surface area contributed by atoms with Crippen molar-refractivity contribution in [2.45, 2.75) is 50.7 Å². The lowest BCUT2D eigenvalue weighted by Gasteiger charge is -2.27. The number of rotatable bonds is 15. The van der Waals surface area contributed by atoms with Crippen LogP contribution in [0.15, 0.2) is 36.7 Å². The van der Waals surface area contributed by atoms with Crippen molar-refractivity contribution in [2.24, 2.45) is 0 Å². The second kappa shape index (κ2) is 14.1. The molecule has 39 heavy (non-hydrogen) atoms. The number of hydrogen-bond acceptors (Lipinski definition) is 8. The number of benzene rings is 1. The van der Waals surface area contributed by atoms with Crippen LogP contribution in [0.3, 0.4) is 0 Å². The van der Waals surface area contributed by atoms with Gasteiger partial charge in [-0.3, -0.25) is 0 Å². The number of nitrogens with zero attached hydrogens (tertiary/aromatic N) is 4. The monoisotopic (exact) mass is 542 g/mol. The zero-order valence-electron chi connectivity index (χ0n) is 22.2. The van der Waals surface area contributed by atoms with E-state index in [1.165, 1.54) is 31.1 Å². The van der Waals surface area contributed by atoms with Gasteiger partial charge in [-0.1, -0.05) is 12.1 Å². The van der Waals surface area contributed by atoms with Crippen LogP contribution in [-0.4, -0.2) is 83.0 Å². The third-order valence-electron chi connectivity index (χ3n) is 7.03. The first kappa shape index (κ1) is 28.6. The summed E-state index contributed by atoms with van der Waals surface area (Å²) >= 11 is 0. The van der Waals surface area contributed by atoms with E-state index in [9.17, 15) is 18.7 Å². The summed E-state index contributed by atoms with van der Waals surface area (Å²) in [6.07, 6.45) is 5.59. The highest BCUT2D eigenvalue weighted by Crippen LogP contribution is 2.23. The molecule has 3 N–H and O–H groups in total. The number of carboxylic acid groups (broad SMARTS) is 1. The van der Waals surface area contributed by atoms with Gasteiger partial charge in [0.1, 0.15) is 42.0 Å². The molecule has 3 heterocycles. The lowest BCUT2D eigenvalue weighted by Crippen LogP contribution is -2.39. The van der Waals surface area contributed by atoms with Crippen molar-refractivity contribution in [2.75, 3.05) is 50.6 Å². The van der Waals surface area contributed by atoms with Crippen LogP contribution in [0.25, 0.3) is 10.9 Å². The summed E-state index contributed by atoms with van der Waals surface area (Å²) in [5.74, 6) is -0.324. The van der Waals surface area contributed by atoms with E-state index in [2.05, 4.69) is 32.7 Å². The van der Waals surface area contributed by atoms with Crippen molar-refractivity contribution in [1.82, 2.24) is 19.9 Å². The number of hydrogen-bond donors (Lipinski definition) is 3. The van der Waals surface area contributed by atoms with E-state index in [4.69, 9.17) is 9.72 Å². The zero-order valence-corrected chi connectivity index (χ0v) is 22.2. The Morgan fingerprint density at radius 1 is 1.23 bits per heavy atom. The van der Waals surface area contributed by atoms with E-state index in [0.717, 1.165) is 50.2 Å². The first-order valence-electron chi connectivity index (χ1n) is 13.4. The van der Waals surface area contributed by atoms with E-state index < -0.39 is 30.6 Å². The largest absolute Gasteiger partial charge is 0.480 e. The predicted octanol–water partition coefficient (Wildman–Crippen LogP) is 4.09. The van der Waals surface area contributed by atoms with Gasteiger partial charge in [-0.25, -0.2) is 28.5 Å². The van der Waals surface area contributed by atoms with Gasteiger partial charge in [0.05, 0.1) is 6.10 Å². The lowest BCUT2D eigenvalue weighted by atomic mass is 10.1. The molecule has 3 aromatic rings. The van der Waals surface area contributed by atoms with Crippen LogP contribution >= 0.6 is 0 Å². The Balaban J connectivity index is 1.35. The van der Waals surface area contributed by atoms with E-state index >= 15 is 0 Å². The number of fused-ring (bicyclic) bond motifs is 2. The van der Waals surface area contributed by atoms with Crippen LogP contribution in [0.1, 0.15) is 36.9 Å². The maximum atomic E-state index is 14.1. The third-order valence-corrected chi connectivity index (χ3v) is 7.03. The summed E-state index contributed by atoms with van der Waals surface area (Å²) in [5, 5.41) is 16.6. The maximum absolute atomic E-state index is 14.1. The minimum absolute atomic E-state index is 0.121. The van der Waals surface area contributed by atoms with Crippen molar-refractivity contribution < 1.29 is 23.4 Å². The molecule has 0 amide bonds. The Bertz CT molecular complexity index is 1240. The second-order valence-electron chi connectivity index (χ2n) is 9.79. The minimum Gasteiger partial charge on any atom is -0.480 e. The van der Waals surface area contributed by atoms with Crippen LogP contribution in [-0.2, 0) is 22.4 Å². The first-order chi connectivity index (χ1) is 19.0. The summed E-state index contributed by atoms with van der Waals surface area (Å²) in [6, 6.07) is 7.72. The normalized spacial score (nSPS) is 14.6. The molecular weight excluding hydrogens is 506 g/mol. The van der Waals surface area contributed by atoms with Gasteiger partial charge in [0.2, 0.25) is 0 Å². The summed E-state index contributed by atoms with van der Waals surface area (Å²) < 4.78 is 32.8. The maximum Gasteiger partial charge on any atom is 0.326 e.